The number of fused-ring (bicyclic) bond motifs is 1. The van der Waals surface area contributed by atoms with Crippen LogP contribution in [0.5, 0.6) is 0 Å². The fourth-order valence-corrected chi connectivity index (χ4v) is 5.97. The van der Waals surface area contributed by atoms with Crippen LogP contribution in [0.3, 0.4) is 0 Å². The molecular formula is C13H26O3Si. The van der Waals surface area contributed by atoms with Crippen molar-refractivity contribution < 1.29 is 13.6 Å². The molecule has 17 heavy (non-hydrogen) atoms. The number of ether oxygens (including phenoxy) is 1. The van der Waals surface area contributed by atoms with Gasteiger partial charge in [-0.3, -0.25) is 0 Å². The average Bonchev–Trinajstić information content (AvgIpc) is 3.14. The minimum atomic E-state index is -1.91. The molecule has 4 heteroatoms. The highest BCUT2D eigenvalue weighted by Gasteiger charge is 2.46. The standard InChI is InChI=1S/C13H26O3Si/c1-5-17(14-3,15-4)9-10(2)11-6-7-12-13(8-11)16-12/h10-13H,5-9H2,1-4H3. The van der Waals surface area contributed by atoms with Gasteiger partial charge < -0.3 is 13.6 Å². The molecule has 0 bridgehead atoms. The fourth-order valence-electron chi connectivity index (χ4n) is 3.29. The molecule has 3 nitrogen and oxygen atoms in total. The van der Waals surface area contributed by atoms with Crippen LogP contribution < -0.4 is 0 Å². The molecule has 1 aliphatic heterocycles. The second-order valence-corrected chi connectivity index (χ2v) is 9.39. The van der Waals surface area contributed by atoms with Crippen LogP contribution in [0.25, 0.3) is 0 Å². The summed E-state index contributed by atoms with van der Waals surface area (Å²) in [5.41, 5.74) is 0. The molecule has 4 unspecified atom stereocenters. The Morgan fingerprint density at radius 2 is 1.94 bits per heavy atom. The number of hydrogen-bond acceptors (Lipinski definition) is 3. The Labute approximate surface area is 106 Å². The third-order valence-electron chi connectivity index (χ3n) is 4.77. The zero-order valence-corrected chi connectivity index (χ0v) is 12.6. The van der Waals surface area contributed by atoms with E-state index >= 15 is 0 Å². The van der Waals surface area contributed by atoms with Crippen molar-refractivity contribution in [3.05, 3.63) is 0 Å². The first kappa shape index (κ1) is 13.5. The molecule has 1 heterocycles. The van der Waals surface area contributed by atoms with E-state index in [0.717, 1.165) is 18.0 Å². The van der Waals surface area contributed by atoms with Gasteiger partial charge in [-0.2, -0.15) is 0 Å². The molecule has 1 saturated heterocycles. The lowest BCUT2D eigenvalue weighted by Gasteiger charge is -2.33. The van der Waals surface area contributed by atoms with E-state index in [1.54, 1.807) is 0 Å². The second kappa shape index (κ2) is 5.39. The Hall–Kier alpha value is 0.0969. The van der Waals surface area contributed by atoms with E-state index in [0.29, 0.717) is 18.1 Å². The van der Waals surface area contributed by atoms with Crippen molar-refractivity contribution in [3.8, 4) is 0 Å². The van der Waals surface area contributed by atoms with Crippen molar-refractivity contribution in [1.29, 1.82) is 0 Å². The number of rotatable bonds is 6. The van der Waals surface area contributed by atoms with Crippen LogP contribution in [0.15, 0.2) is 0 Å². The molecule has 0 radical (unpaired) electrons. The molecule has 0 spiro atoms. The number of hydrogen-bond donors (Lipinski definition) is 0. The van der Waals surface area contributed by atoms with E-state index in [4.69, 9.17) is 13.6 Å². The minimum absolute atomic E-state index is 0.582. The van der Waals surface area contributed by atoms with E-state index in [-0.39, 0.29) is 0 Å². The van der Waals surface area contributed by atoms with E-state index < -0.39 is 8.56 Å². The molecule has 1 saturated carbocycles. The Morgan fingerprint density at radius 1 is 1.24 bits per heavy atom. The van der Waals surface area contributed by atoms with Crippen molar-refractivity contribution in [2.45, 2.75) is 57.4 Å². The lowest BCUT2D eigenvalue weighted by Crippen LogP contribution is -2.42. The van der Waals surface area contributed by atoms with Gasteiger partial charge in [0.2, 0.25) is 0 Å². The molecule has 2 rings (SSSR count). The zero-order chi connectivity index (χ0) is 12.5. The first-order chi connectivity index (χ1) is 8.14. The lowest BCUT2D eigenvalue weighted by molar-refractivity contribution is 0.217. The zero-order valence-electron chi connectivity index (χ0n) is 11.6. The van der Waals surface area contributed by atoms with E-state index in [9.17, 15) is 0 Å². The molecule has 0 amide bonds. The molecule has 0 aromatic heterocycles. The largest absolute Gasteiger partial charge is 0.398 e. The normalized spacial score (nSPS) is 34.2. The van der Waals surface area contributed by atoms with Gasteiger partial charge in [0.25, 0.3) is 0 Å². The fraction of sp³-hybridized carbons (Fsp3) is 1.00. The van der Waals surface area contributed by atoms with E-state index in [1.807, 2.05) is 14.2 Å². The maximum atomic E-state index is 5.72. The van der Waals surface area contributed by atoms with Crippen LogP contribution in [-0.2, 0) is 13.6 Å². The van der Waals surface area contributed by atoms with Crippen molar-refractivity contribution >= 4 is 8.56 Å². The van der Waals surface area contributed by atoms with E-state index in [1.165, 1.54) is 19.3 Å². The monoisotopic (exact) mass is 258 g/mol. The first-order valence-electron chi connectivity index (χ1n) is 6.90. The maximum Gasteiger partial charge on any atom is 0.337 e. The molecule has 1 aliphatic carbocycles. The predicted molar refractivity (Wildman–Crippen MR) is 70.2 cm³/mol. The van der Waals surface area contributed by atoms with Crippen LogP contribution in [0.4, 0.5) is 0 Å². The lowest BCUT2D eigenvalue weighted by atomic mass is 9.82. The van der Waals surface area contributed by atoms with Crippen molar-refractivity contribution in [3.63, 3.8) is 0 Å². The Morgan fingerprint density at radius 3 is 2.47 bits per heavy atom. The molecule has 4 atom stereocenters. The molecular weight excluding hydrogens is 232 g/mol. The third-order valence-corrected chi connectivity index (χ3v) is 8.60. The highest BCUT2D eigenvalue weighted by atomic mass is 28.4. The minimum Gasteiger partial charge on any atom is -0.398 e. The molecule has 0 aromatic rings. The average molecular weight is 258 g/mol. The highest BCUT2D eigenvalue weighted by Crippen LogP contribution is 2.44. The SMILES string of the molecule is CC[Si](CC(C)C1CCC2OC2C1)(OC)OC. The molecule has 2 aliphatic rings. The van der Waals surface area contributed by atoms with Crippen LogP contribution >= 0.6 is 0 Å². The van der Waals surface area contributed by atoms with Gasteiger partial charge in [-0.25, -0.2) is 0 Å². The van der Waals surface area contributed by atoms with Crippen molar-refractivity contribution in [2.75, 3.05) is 14.2 Å². The smallest absolute Gasteiger partial charge is 0.337 e. The topological polar surface area (TPSA) is 31.0 Å². The molecule has 100 valence electrons. The summed E-state index contributed by atoms with van der Waals surface area (Å²) in [4.78, 5) is 0. The van der Waals surface area contributed by atoms with Crippen molar-refractivity contribution in [2.24, 2.45) is 11.8 Å². The summed E-state index contributed by atoms with van der Waals surface area (Å²) in [7, 11) is 1.71. The Balaban J connectivity index is 1.88. The van der Waals surface area contributed by atoms with Crippen LogP contribution in [-0.4, -0.2) is 35.0 Å². The van der Waals surface area contributed by atoms with E-state index in [2.05, 4.69) is 13.8 Å². The summed E-state index contributed by atoms with van der Waals surface area (Å²) in [5.74, 6) is 1.51. The van der Waals surface area contributed by atoms with Gasteiger partial charge in [-0.05, 0) is 43.2 Å². The number of epoxide rings is 1. The molecule has 0 N–H and O–H groups in total. The van der Waals surface area contributed by atoms with Gasteiger partial charge in [-0.15, -0.1) is 0 Å². The highest BCUT2D eigenvalue weighted by molar-refractivity contribution is 6.67. The summed E-state index contributed by atoms with van der Waals surface area (Å²) >= 11 is 0. The van der Waals surface area contributed by atoms with Crippen LogP contribution in [0, 0.1) is 11.8 Å². The van der Waals surface area contributed by atoms with Gasteiger partial charge in [0.1, 0.15) is 0 Å². The summed E-state index contributed by atoms with van der Waals surface area (Å²) in [6.07, 6.45) is 5.04. The Kier molecular flexibility index (Phi) is 4.29. The van der Waals surface area contributed by atoms with Crippen LogP contribution in [0.2, 0.25) is 12.1 Å². The molecule has 2 fully saturated rings. The van der Waals surface area contributed by atoms with Gasteiger partial charge >= 0.3 is 8.56 Å². The van der Waals surface area contributed by atoms with Gasteiger partial charge in [0.15, 0.2) is 0 Å². The predicted octanol–water partition coefficient (Wildman–Crippen LogP) is 2.94. The molecule has 0 aromatic carbocycles. The summed E-state index contributed by atoms with van der Waals surface area (Å²) in [6, 6.07) is 2.16. The van der Waals surface area contributed by atoms with Gasteiger partial charge in [-0.1, -0.05) is 13.8 Å². The van der Waals surface area contributed by atoms with Gasteiger partial charge in [0.05, 0.1) is 12.2 Å². The Bertz CT molecular complexity index is 247. The summed E-state index contributed by atoms with van der Waals surface area (Å²) in [5, 5.41) is 0. The maximum absolute atomic E-state index is 5.72. The summed E-state index contributed by atoms with van der Waals surface area (Å²) < 4.78 is 17.1. The quantitative estimate of drug-likeness (QED) is 0.542. The van der Waals surface area contributed by atoms with Gasteiger partial charge in [0, 0.05) is 14.2 Å². The first-order valence-corrected chi connectivity index (χ1v) is 9.13. The van der Waals surface area contributed by atoms with Crippen LogP contribution in [0.1, 0.15) is 33.1 Å². The second-order valence-electron chi connectivity index (χ2n) is 5.64. The third kappa shape index (κ3) is 2.92. The van der Waals surface area contributed by atoms with Crippen molar-refractivity contribution in [1.82, 2.24) is 0 Å². The summed E-state index contributed by atoms with van der Waals surface area (Å²) in [6.45, 7) is 4.55.